The normalized spacial score (nSPS) is 14.4. The minimum Gasteiger partial charge on any atom is -0.310 e. The summed E-state index contributed by atoms with van der Waals surface area (Å²) in [7, 11) is 0. The maximum absolute atomic E-state index is 2.50. The van der Waals surface area contributed by atoms with Crippen molar-refractivity contribution < 1.29 is 0 Å². The van der Waals surface area contributed by atoms with Gasteiger partial charge in [-0.15, -0.1) is 0 Å². The molecule has 0 radical (unpaired) electrons. The number of nitrogens with zero attached hydrogens (tertiary/aromatic N) is 2. The van der Waals surface area contributed by atoms with E-state index in [0.717, 1.165) is 5.69 Å². The van der Waals surface area contributed by atoms with Crippen molar-refractivity contribution in [3.63, 3.8) is 0 Å². The van der Waals surface area contributed by atoms with Gasteiger partial charge in [-0.05, 0) is 93.0 Å². The molecular weight excluding hydrogens is 677 g/mol. The third kappa shape index (κ3) is 4.56. The van der Waals surface area contributed by atoms with E-state index < -0.39 is 0 Å². The molecule has 1 heterocycles. The summed E-state index contributed by atoms with van der Waals surface area (Å²) in [5.41, 5.74) is 20.1. The van der Waals surface area contributed by atoms with E-state index in [9.17, 15) is 0 Å². The molecule has 0 N–H and O–H groups in total. The minimum atomic E-state index is -0.110. The quantitative estimate of drug-likeness (QED) is 0.172. The first-order valence-corrected chi connectivity index (χ1v) is 19.8. The standard InChI is InChI=1S/C54H42N2/c1-53(2)45-22-11-6-20-43(45)52-46(53)23-15-27-51(52)55(37-32-33-40-39-17-5-10-21-44(39)54(3,4)47(40)34-37)36-30-28-35(29-31-36)38-16-7-12-24-48(38)56-49-25-13-8-18-41(49)42-19-9-14-26-50(42)56/h5-34H,1-4H3. The molecular formula is C54H42N2. The van der Waals surface area contributed by atoms with Gasteiger partial charge < -0.3 is 9.47 Å². The number of benzene rings is 8. The molecule has 11 rings (SSSR count). The molecule has 0 spiro atoms. The molecule has 0 saturated heterocycles. The summed E-state index contributed by atoms with van der Waals surface area (Å²) in [6, 6.07) is 67.5. The highest BCUT2D eigenvalue weighted by Gasteiger charge is 2.39. The first-order valence-electron chi connectivity index (χ1n) is 19.8. The van der Waals surface area contributed by atoms with Crippen LogP contribution in [0.4, 0.5) is 17.1 Å². The monoisotopic (exact) mass is 718 g/mol. The van der Waals surface area contributed by atoms with Crippen LogP contribution in [0, 0.1) is 0 Å². The lowest BCUT2D eigenvalue weighted by Crippen LogP contribution is -2.17. The first kappa shape index (κ1) is 32.8. The highest BCUT2D eigenvalue weighted by atomic mass is 15.1. The SMILES string of the molecule is CC1(C)c2ccccc2-c2ccc(N(c3ccc(-c4ccccc4-n4c5ccccc5c5ccccc54)cc3)c3cccc4c3-c3ccccc3C4(C)C)cc21. The summed E-state index contributed by atoms with van der Waals surface area (Å²) in [5, 5.41) is 2.54. The van der Waals surface area contributed by atoms with Gasteiger partial charge in [0.25, 0.3) is 0 Å². The lowest BCUT2D eigenvalue weighted by Gasteiger charge is -2.30. The Labute approximate surface area is 328 Å². The molecule has 2 heteroatoms. The Morgan fingerprint density at radius 1 is 0.393 bits per heavy atom. The maximum Gasteiger partial charge on any atom is 0.0543 e. The molecule has 0 fully saturated rings. The molecule has 0 atom stereocenters. The van der Waals surface area contributed by atoms with Crippen molar-refractivity contribution >= 4 is 38.9 Å². The smallest absolute Gasteiger partial charge is 0.0543 e. The van der Waals surface area contributed by atoms with Gasteiger partial charge in [0.05, 0.1) is 22.4 Å². The number of anilines is 3. The van der Waals surface area contributed by atoms with E-state index >= 15 is 0 Å². The van der Waals surface area contributed by atoms with Gasteiger partial charge in [0.15, 0.2) is 0 Å². The van der Waals surface area contributed by atoms with Gasteiger partial charge >= 0.3 is 0 Å². The van der Waals surface area contributed by atoms with Gasteiger partial charge in [0.1, 0.15) is 0 Å². The van der Waals surface area contributed by atoms with Gasteiger partial charge in [0, 0.05) is 44.1 Å². The second-order valence-corrected chi connectivity index (χ2v) is 16.5. The van der Waals surface area contributed by atoms with Gasteiger partial charge in [0.2, 0.25) is 0 Å². The largest absolute Gasteiger partial charge is 0.310 e. The summed E-state index contributed by atoms with van der Waals surface area (Å²) in [4.78, 5) is 2.50. The predicted octanol–water partition coefficient (Wildman–Crippen LogP) is 14.5. The second kappa shape index (κ2) is 11.9. The molecule has 9 aromatic rings. The zero-order valence-corrected chi connectivity index (χ0v) is 32.2. The molecule has 0 bridgehead atoms. The molecule has 8 aromatic carbocycles. The van der Waals surface area contributed by atoms with Gasteiger partial charge in [-0.25, -0.2) is 0 Å². The molecule has 0 unspecified atom stereocenters. The van der Waals surface area contributed by atoms with Crippen LogP contribution >= 0.6 is 0 Å². The summed E-state index contributed by atoms with van der Waals surface area (Å²) in [6.07, 6.45) is 0. The topological polar surface area (TPSA) is 8.17 Å². The number of rotatable bonds is 5. The van der Waals surface area contributed by atoms with Crippen molar-refractivity contribution in [1.82, 2.24) is 4.57 Å². The van der Waals surface area contributed by atoms with E-state index in [1.807, 2.05) is 0 Å². The summed E-state index contributed by atoms with van der Waals surface area (Å²) in [6.45, 7) is 9.47. The van der Waals surface area contributed by atoms with Crippen molar-refractivity contribution in [2.24, 2.45) is 0 Å². The number of fused-ring (bicyclic) bond motifs is 9. The van der Waals surface area contributed by atoms with Crippen LogP contribution in [-0.2, 0) is 10.8 Å². The lowest BCUT2D eigenvalue weighted by molar-refractivity contribution is 0.660. The summed E-state index contributed by atoms with van der Waals surface area (Å²) < 4.78 is 2.43. The van der Waals surface area contributed by atoms with Gasteiger partial charge in [-0.3, -0.25) is 0 Å². The number of aromatic nitrogens is 1. The zero-order valence-electron chi connectivity index (χ0n) is 32.2. The Bertz CT molecular complexity index is 2980. The molecule has 268 valence electrons. The summed E-state index contributed by atoms with van der Waals surface area (Å²) in [5.74, 6) is 0. The van der Waals surface area contributed by atoms with Crippen LogP contribution < -0.4 is 4.90 Å². The van der Waals surface area contributed by atoms with E-state index in [4.69, 9.17) is 0 Å². The van der Waals surface area contributed by atoms with Crippen LogP contribution in [0.1, 0.15) is 49.9 Å². The lowest BCUT2D eigenvalue weighted by atomic mass is 9.82. The van der Waals surface area contributed by atoms with E-state index in [-0.39, 0.29) is 10.8 Å². The Balaban J connectivity index is 1.10. The Morgan fingerprint density at radius 2 is 0.911 bits per heavy atom. The van der Waals surface area contributed by atoms with Crippen molar-refractivity contribution in [3.05, 3.63) is 204 Å². The predicted molar refractivity (Wildman–Crippen MR) is 236 cm³/mol. The molecule has 0 amide bonds. The average molecular weight is 719 g/mol. The molecule has 2 aliphatic rings. The third-order valence-corrected chi connectivity index (χ3v) is 12.8. The van der Waals surface area contributed by atoms with Crippen molar-refractivity contribution in [2.75, 3.05) is 4.90 Å². The summed E-state index contributed by atoms with van der Waals surface area (Å²) >= 11 is 0. The number of hydrogen-bond acceptors (Lipinski definition) is 1. The molecule has 1 aromatic heterocycles. The molecule has 2 aliphatic carbocycles. The second-order valence-electron chi connectivity index (χ2n) is 16.5. The average Bonchev–Trinajstić information content (AvgIpc) is 3.79. The first-order chi connectivity index (χ1) is 27.3. The zero-order chi connectivity index (χ0) is 37.8. The Hall–Kier alpha value is -6.64. The fourth-order valence-corrected chi connectivity index (χ4v) is 10.1. The highest BCUT2D eigenvalue weighted by molar-refractivity contribution is 6.09. The Morgan fingerprint density at radius 3 is 1.62 bits per heavy atom. The van der Waals surface area contributed by atoms with Crippen molar-refractivity contribution in [1.29, 1.82) is 0 Å². The molecule has 56 heavy (non-hydrogen) atoms. The molecule has 0 saturated carbocycles. The Kier molecular flexibility index (Phi) is 6.98. The highest BCUT2D eigenvalue weighted by Crippen LogP contribution is 2.55. The van der Waals surface area contributed by atoms with Gasteiger partial charge in [-0.2, -0.15) is 0 Å². The molecule has 2 nitrogen and oxygen atoms in total. The van der Waals surface area contributed by atoms with Crippen LogP contribution in [0.3, 0.4) is 0 Å². The fraction of sp³-hybridized carbons (Fsp3) is 0.111. The van der Waals surface area contributed by atoms with Crippen molar-refractivity contribution in [2.45, 2.75) is 38.5 Å². The van der Waals surface area contributed by atoms with E-state index in [0.29, 0.717) is 0 Å². The van der Waals surface area contributed by atoms with Crippen LogP contribution in [-0.4, -0.2) is 4.57 Å². The van der Waals surface area contributed by atoms with E-state index in [1.165, 1.54) is 94.5 Å². The van der Waals surface area contributed by atoms with Crippen LogP contribution in [0.15, 0.2) is 182 Å². The van der Waals surface area contributed by atoms with Crippen molar-refractivity contribution in [3.8, 4) is 39.1 Å². The maximum atomic E-state index is 2.50. The minimum absolute atomic E-state index is 0.102. The van der Waals surface area contributed by atoms with Crippen LogP contribution in [0.25, 0.3) is 60.9 Å². The number of para-hydroxylation sites is 3. The van der Waals surface area contributed by atoms with Crippen LogP contribution in [0.2, 0.25) is 0 Å². The van der Waals surface area contributed by atoms with E-state index in [2.05, 4.69) is 219 Å². The van der Waals surface area contributed by atoms with Gasteiger partial charge in [-0.1, -0.05) is 161 Å². The third-order valence-electron chi connectivity index (χ3n) is 12.8. The fourth-order valence-electron chi connectivity index (χ4n) is 10.1. The van der Waals surface area contributed by atoms with Crippen LogP contribution in [0.5, 0.6) is 0 Å². The van der Waals surface area contributed by atoms with E-state index in [1.54, 1.807) is 0 Å². The molecule has 0 aliphatic heterocycles. The number of hydrogen-bond donors (Lipinski definition) is 0.